The molecule has 0 radical (unpaired) electrons. The molecule has 3 aromatic rings. The Kier molecular flexibility index (Phi) is 7.11. The molecule has 0 amide bonds. The summed E-state index contributed by atoms with van der Waals surface area (Å²) in [5.41, 5.74) is -8.96. The number of nitro groups is 2. The average Bonchev–Trinajstić information content (AvgIpc) is 2.77. The van der Waals surface area contributed by atoms with E-state index in [2.05, 4.69) is 0 Å². The Bertz CT molecular complexity index is 1510. The van der Waals surface area contributed by atoms with Gasteiger partial charge >= 0.3 is 12.4 Å². The number of hydrogen-bond donors (Lipinski definition) is 1. The maximum Gasteiger partial charge on any atom is 0.418 e. The van der Waals surface area contributed by atoms with Gasteiger partial charge in [-0.3, -0.25) is 20.2 Å². The molecule has 0 atom stereocenters. The number of nitrogens with zero attached hydrogens (tertiary/aromatic N) is 2. The van der Waals surface area contributed by atoms with Gasteiger partial charge in [-0.15, -0.1) is 0 Å². The van der Waals surface area contributed by atoms with Gasteiger partial charge in [0.25, 0.3) is 11.4 Å². The summed E-state index contributed by atoms with van der Waals surface area (Å²) in [6.45, 7) is 0. The number of alkyl halides is 6. The molecule has 0 heterocycles. The molecule has 3 rings (SSSR count). The fraction of sp³-hybridized carbons (Fsp3) is 0.100. The molecule has 0 saturated carbocycles. The van der Waals surface area contributed by atoms with Crippen LogP contribution in [0.4, 0.5) is 49.1 Å². The Balaban J connectivity index is 2.36. The van der Waals surface area contributed by atoms with Gasteiger partial charge in [0.1, 0.15) is 5.69 Å². The maximum absolute atomic E-state index is 13.7. The summed E-state index contributed by atoms with van der Waals surface area (Å²) in [6.07, 6.45) is -10.6. The molecule has 0 aliphatic carbocycles. The van der Waals surface area contributed by atoms with Crippen molar-refractivity contribution in [1.82, 2.24) is 0 Å². The van der Waals surface area contributed by atoms with Crippen molar-refractivity contribution < 1.29 is 44.6 Å². The molecule has 0 spiro atoms. The first-order chi connectivity index (χ1) is 16.9. The number of non-ortho nitro benzene ring substituents is 1. The zero-order valence-corrected chi connectivity index (χ0v) is 19.2. The van der Waals surface area contributed by atoms with E-state index in [1.54, 1.807) is 5.32 Å². The lowest BCUT2D eigenvalue weighted by molar-refractivity contribution is -0.394. The second-order valence-electron chi connectivity index (χ2n) is 7.19. The predicted octanol–water partition coefficient (Wildman–Crippen LogP) is 6.77. The highest BCUT2D eigenvalue weighted by Gasteiger charge is 2.41. The van der Waals surface area contributed by atoms with Gasteiger partial charge in [-0.25, -0.2) is 8.42 Å². The highest BCUT2D eigenvalue weighted by atomic mass is 35.5. The normalized spacial score (nSPS) is 12.3. The molecule has 1 N–H and O–H groups in total. The summed E-state index contributed by atoms with van der Waals surface area (Å²) in [5.74, 6) is 0. The number of anilines is 2. The molecule has 0 aliphatic heterocycles. The molecule has 0 saturated heterocycles. The van der Waals surface area contributed by atoms with Crippen LogP contribution in [0.2, 0.25) is 5.02 Å². The number of nitro benzene ring substituents is 2. The molecule has 0 unspecified atom stereocenters. The number of halogens is 7. The number of benzene rings is 3. The maximum atomic E-state index is 13.7. The second kappa shape index (κ2) is 9.51. The Morgan fingerprint density at radius 1 is 0.811 bits per heavy atom. The quantitative estimate of drug-likeness (QED) is 0.197. The van der Waals surface area contributed by atoms with E-state index in [1.165, 1.54) is 0 Å². The van der Waals surface area contributed by atoms with E-state index in [1.807, 2.05) is 0 Å². The summed E-state index contributed by atoms with van der Waals surface area (Å²) < 4.78 is 108. The van der Waals surface area contributed by atoms with Crippen molar-refractivity contribution in [3.63, 3.8) is 0 Å². The molecule has 3 aromatic carbocycles. The van der Waals surface area contributed by atoms with Crippen molar-refractivity contribution in [3.8, 4) is 0 Å². The van der Waals surface area contributed by atoms with E-state index < -0.39 is 75.7 Å². The third-order valence-electron chi connectivity index (χ3n) is 4.80. The SMILES string of the molecule is O=[N+]([O-])c1cc([N+](=O)[O-])c(Nc2cc(C(F)(F)F)ccc2S(=O)(=O)c2ccc(Cl)cc2)c(C(F)(F)F)c1. The lowest BCUT2D eigenvalue weighted by atomic mass is 10.1. The zero-order chi connectivity index (χ0) is 27.9. The van der Waals surface area contributed by atoms with Crippen molar-refractivity contribution in [2.45, 2.75) is 22.1 Å². The second-order valence-corrected chi connectivity index (χ2v) is 9.55. The van der Waals surface area contributed by atoms with Crippen LogP contribution in [0.3, 0.4) is 0 Å². The van der Waals surface area contributed by atoms with Crippen LogP contribution in [0.25, 0.3) is 0 Å². The summed E-state index contributed by atoms with van der Waals surface area (Å²) >= 11 is 5.71. The molecule has 0 bridgehead atoms. The van der Waals surface area contributed by atoms with Gasteiger partial charge in [-0.1, -0.05) is 11.6 Å². The molecule has 37 heavy (non-hydrogen) atoms. The Hall–Kier alpha value is -3.92. The average molecular weight is 570 g/mol. The van der Waals surface area contributed by atoms with Crippen molar-refractivity contribution in [1.29, 1.82) is 0 Å². The first kappa shape index (κ1) is 27.7. The first-order valence-electron chi connectivity index (χ1n) is 9.46. The van der Waals surface area contributed by atoms with E-state index >= 15 is 0 Å². The lowest BCUT2D eigenvalue weighted by Gasteiger charge is -2.18. The third-order valence-corrected chi connectivity index (χ3v) is 6.88. The van der Waals surface area contributed by atoms with Crippen molar-refractivity contribution in [2.24, 2.45) is 0 Å². The highest BCUT2D eigenvalue weighted by Crippen LogP contribution is 2.45. The summed E-state index contributed by atoms with van der Waals surface area (Å²) in [6, 6.07) is 5.26. The fourth-order valence-electron chi connectivity index (χ4n) is 3.13. The fourth-order valence-corrected chi connectivity index (χ4v) is 4.65. The van der Waals surface area contributed by atoms with Crippen LogP contribution >= 0.6 is 11.6 Å². The van der Waals surface area contributed by atoms with Crippen LogP contribution in [0.5, 0.6) is 0 Å². The van der Waals surface area contributed by atoms with Crippen LogP contribution in [-0.2, 0) is 22.2 Å². The molecule has 0 fully saturated rings. The molecule has 196 valence electrons. The van der Waals surface area contributed by atoms with Crippen LogP contribution in [0.1, 0.15) is 11.1 Å². The van der Waals surface area contributed by atoms with Crippen LogP contribution in [-0.4, -0.2) is 18.3 Å². The van der Waals surface area contributed by atoms with Crippen LogP contribution < -0.4 is 5.32 Å². The smallest absolute Gasteiger partial charge is 0.348 e. The van der Waals surface area contributed by atoms with E-state index in [0.29, 0.717) is 12.1 Å². The van der Waals surface area contributed by atoms with E-state index in [0.717, 1.165) is 24.3 Å². The predicted molar refractivity (Wildman–Crippen MR) is 116 cm³/mol. The number of sulfone groups is 1. The molecule has 17 heteroatoms. The van der Waals surface area contributed by atoms with Gasteiger partial charge in [0.2, 0.25) is 9.84 Å². The van der Waals surface area contributed by atoms with Gasteiger partial charge in [0, 0.05) is 11.1 Å². The van der Waals surface area contributed by atoms with Crippen LogP contribution in [0, 0.1) is 20.2 Å². The monoisotopic (exact) mass is 569 g/mol. The van der Waals surface area contributed by atoms with Gasteiger partial charge in [0.05, 0.1) is 42.5 Å². The standard InChI is InChI=1S/C20H10ClF6N3O6S/c21-11-2-4-13(5-3-11)37(35,36)17-6-1-10(19(22,23)24)7-15(17)28-18-14(20(25,26)27)8-12(29(31)32)9-16(18)30(33)34/h1-9,28H. The molecular weight excluding hydrogens is 560 g/mol. The van der Waals surface area contributed by atoms with Gasteiger partial charge in [-0.2, -0.15) is 26.3 Å². The Morgan fingerprint density at radius 3 is 1.89 bits per heavy atom. The van der Waals surface area contributed by atoms with E-state index in [9.17, 15) is 55.0 Å². The minimum absolute atomic E-state index is 0.0731. The summed E-state index contributed by atoms with van der Waals surface area (Å²) in [7, 11) is -4.72. The summed E-state index contributed by atoms with van der Waals surface area (Å²) in [4.78, 5) is 18.3. The van der Waals surface area contributed by atoms with E-state index in [4.69, 9.17) is 11.6 Å². The van der Waals surface area contributed by atoms with E-state index in [-0.39, 0.29) is 23.2 Å². The molecule has 0 aliphatic rings. The largest absolute Gasteiger partial charge is 0.418 e. The minimum Gasteiger partial charge on any atom is -0.348 e. The molecule has 0 aromatic heterocycles. The number of nitrogens with one attached hydrogen (secondary N) is 1. The summed E-state index contributed by atoms with van der Waals surface area (Å²) in [5, 5.41) is 24.4. The Labute approximate surface area is 207 Å². The van der Waals surface area contributed by atoms with Crippen LogP contribution in [0.15, 0.2) is 64.4 Å². The van der Waals surface area contributed by atoms with Gasteiger partial charge in [-0.05, 0) is 42.5 Å². The van der Waals surface area contributed by atoms with Crippen molar-refractivity contribution >= 4 is 44.2 Å². The number of hydrogen-bond acceptors (Lipinski definition) is 7. The van der Waals surface area contributed by atoms with Crippen molar-refractivity contribution in [2.75, 3.05) is 5.32 Å². The zero-order valence-electron chi connectivity index (χ0n) is 17.6. The first-order valence-corrected chi connectivity index (χ1v) is 11.3. The topological polar surface area (TPSA) is 132 Å². The lowest BCUT2D eigenvalue weighted by Crippen LogP contribution is -2.14. The minimum atomic E-state index is -5.48. The third kappa shape index (κ3) is 5.75. The Morgan fingerprint density at radius 2 is 1.41 bits per heavy atom. The molecular formula is C20H10ClF6N3O6S. The van der Waals surface area contributed by atoms with Crippen molar-refractivity contribution in [3.05, 3.63) is 91.0 Å². The van der Waals surface area contributed by atoms with Gasteiger partial charge < -0.3 is 5.32 Å². The highest BCUT2D eigenvalue weighted by molar-refractivity contribution is 7.91. The number of rotatable bonds is 6. The molecule has 9 nitrogen and oxygen atoms in total. The van der Waals surface area contributed by atoms with Gasteiger partial charge in [0.15, 0.2) is 0 Å².